The zero-order valence-electron chi connectivity index (χ0n) is 13.3. The molecule has 1 aliphatic carbocycles. The van der Waals surface area contributed by atoms with Crippen molar-refractivity contribution in [1.29, 1.82) is 0 Å². The van der Waals surface area contributed by atoms with Crippen molar-refractivity contribution in [3.05, 3.63) is 35.4 Å². The van der Waals surface area contributed by atoms with E-state index in [-0.39, 0.29) is 0 Å². The molecule has 0 amide bonds. The van der Waals surface area contributed by atoms with Gasteiger partial charge in [-0.3, -0.25) is 0 Å². The maximum absolute atomic E-state index is 13.3. The van der Waals surface area contributed by atoms with E-state index < -0.39 is 35.4 Å². The van der Waals surface area contributed by atoms with Crippen molar-refractivity contribution < 1.29 is 22.5 Å². The fraction of sp³-hybridized carbons (Fsp3) is 0.625. The minimum absolute atomic E-state index is 0.293. The minimum atomic E-state index is -4.37. The predicted octanol–water partition coefficient (Wildman–Crippen LogP) is 4.37. The summed E-state index contributed by atoms with van der Waals surface area (Å²) in [6.45, 7) is 7.66. The summed E-state index contributed by atoms with van der Waals surface area (Å²) in [6, 6.07) is 5.77. The monoisotopic (exact) mass is 312 g/mol. The Labute approximate surface area is 129 Å². The first-order valence-electron chi connectivity index (χ1n) is 7.52. The molecule has 2 nitrogen and oxygen atoms in total. The Hall–Kier alpha value is -1.01. The molecule has 6 heteroatoms. The zero-order valence-corrected chi connectivity index (χ0v) is 13.3. The molecule has 1 heterocycles. The van der Waals surface area contributed by atoms with Gasteiger partial charge >= 0.3 is 13.3 Å². The Morgan fingerprint density at radius 2 is 1.45 bits per heavy atom. The van der Waals surface area contributed by atoms with Crippen LogP contribution < -0.4 is 0 Å². The predicted molar refractivity (Wildman–Crippen MR) is 78.4 cm³/mol. The van der Waals surface area contributed by atoms with E-state index in [1.807, 2.05) is 27.7 Å². The normalized spacial score (nSPS) is 25.3. The van der Waals surface area contributed by atoms with Crippen LogP contribution in [-0.2, 0) is 20.8 Å². The Balaban J connectivity index is 2.00. The highest BCUT2D eigenvalue weighted by Crippen LogP contribution is 2.57. The molecule has 2 aliphatic rings. The molecular formula is C16H20BF3O2. The number of alkyl halides is 3. The van der Waals surface area contributed by atoms with E-state index in [9.17, 15) is 13.2 Å². The topological polar surface area (TPSA) is 18.5 Å². The third kappa shape index (κ3) is 2.28. The Morgan fingerprint density at radius 1 is 0.955 bits per heavy atom. The van der Waals surface area contributed by atoms with Crippen molar-refractivity contribution in [1.82, 2.24) is 0 Å². The Bertz CT molecular complexity index is 575. The second kappa shape index (κ2) is 4.51. The average Bonchev–Trinajstić information content (AvgIpc) is 3.13. The van der Waals surface area contributed by atoms with Crippen LogP contribution in [-0.4, -0.2) is 18.3 Å². The van der Waals surface area contributed by atoms with E-state index in [2.05, 4.69) is 0 Å². The van der Waals surface area contributed by atoms with Crippen LogP contribution in [0.1, 0.15) is 51.7 Å². The summed E-state index contributed by atoms with van der Waals surface area (Å²) in [5, 5.41) is -0.683. The van der Waals surface area contributed by atoms with E-state index in [0.29, 0.717) is 18.4 Å². The zero-order chi connectivity index (χ0) is 16.4. The lowest BCUT2D eigenvalue weighted by Crippen LogP contribution is -2.41. The van der Waals surface area contributed by atoms with Crippen LogP contribution in [0.15, 0.2) is 24.3 Å². The van der Waals surface area contributed by atoms with Crippen molar-refractivity contribution in [2.24, 2.45) is 0 Å². The van der Waals surface area contributed by atoms with Gasteiger partial charge in [0.25, 0.3) is 0 Å². The molecule has 0 N–H and O–H groups in total. The van der Waals surface area contributed by atoms with Crippen molar-refractivity contribution in [2.45, 2.75) is 63.2 Å². The lowest BCUT2D eigenvalue weighted by atomic mass is 9.63. The summed E-state index contributed by atoms with van der Waals surface area (Å²) in [5.74, 6) is 0. The highest BCUT2D eigenvalue weighted by Gasteiger charge is 2.66. The number of rotatable bonds is 2. The molecule has 0 atom stereocenters. The largest absolute Gasteiger partial charge is 0.469 e. The van der Waals surface area contributed by atoms with Gasteiger partial charge in [-0.15, -0.1) is 0 Å². The molecule has 0 radical (unpaired) electrons. The molecule has 0 spiro atoms. The lowest BCUT2D eigenvalue weighted by Gasteiger charge is -2.32. The van der Waals surface area contributed by atoms with Gasteiger partial charge in [0.15, 0.2) is 0 Å². The van der Waals surface area contributed by atoms with Crippen LogP contribution in [0.5, 0.6) is 0 Å². The van der Waals surface area contributed by atoms with Gasteiger partial charge in [0.05, 0.1) is 16.8 Å². The molecule has 2 fully saturated rings. The van der Waals surface area contributed by atoms with Crippen LogP contribution >= 0.6 is 0 Å². The SMILES string of the molecule is CC1(C)OB(C2(c3ccccc3C(F)(F)F)CC2)OC1(C)C. The summed E-state index contributed by atoms with van der Waals surface area (Å²) in [7, 11) is -0.638. The first-order valence-corrected chi connectivity index (χ1v) is 7.52. The van der Waals surface area contributed by atoms with Crippen molar-refractivity contribution >= 4 is 7.12 Å². The fourth-order valence-electron chi connectivity index (χ4n) is 3.00. The molecule has 3 rings (SSSR count). The molecule has 1 saturated carbocycles. The van der Waals surface area contributed by atoms with Gasteiger partial charge < -0.3 is 9.31 Å². The average molecular weight is 312 g/mol. The highest BCUT2D eigenvalue weighted by molar-refractivity contribution is 6.51. The standard InChI is InChI=1S/C16H20BF3O2/c1-13(2)14(3,4)22-17(21-13)15(9-10-15)11-7-5-6-8-12(11)16(18,19)20/h5-8H,9-10H2,1-4H3. The first kappa shape index (κ1) is 15.9. The van der Waals surface area contributed by atoms with E-state index in [1.165, 1.54) is 6.07 Å². The maximum Gasteiger partial charge on any atom is 0.469 e. The maximum atomic E-state index is 13.3. The summed E-state index contributed by atoms with van der Waals surface area (Å²) >= 11 is 0. The molecular weight excluding hydrogens is 292 g/mol. The molecule has 0 unspecified atom stereocenters. The van der Waals surface area contributed by atoms with E-state index >= 15 is 0 Å². The van der Waals surface area contributed by atoms with Crippen LogP contribution in [0.3, 0.4) is 0 Å². The van der Waals surface area contributed by atoms with Crippen LogP contribution in [0.2, 0.25) is 0 Å². The first-order chi connectivity index (χ1) is 10.00. The smallest absolute Gasteiger partial charge is 0.403 e. The van der Waals surface area contributed by atoms with Gasteiger partial charge in [-0.25, -0.2) is 0 Å². The fourth-order valence-corrected chi connectivity index (χ4v) is 3.00. The van der Waals surface area contributed by atoms with Gasteiger partial charge in [0.2, 0.25) is 0 Å². The van der Waals surface area contributed by atoms with Gasteiger partial charge in [0, 0.05) is 5.31 Å². The molecule has 1 aliphatic heterocycles. The summed E-state index contributed by atoms with van der Waals surface area (Å²) in [6.07, 6.45) is -3.07. The van der Waals surface area contributed by atoms with Gasteiger partial charge in [0.1, 0.15) is 0 Å². The molecule has 0 aromatic heterocycles. The summed E-state index contributed by atoms with van der Waals surface area (Å²) in [4.78, 5) is 0. The molecule has 22 heavy (non-hydrogen) atoms. The van der Waals surface area contributed by atoms with E-state index in [0.717, 1.165) is 6.07 Å². The summed E-state index contributed by atoms with van der Waals surface area (Å²) in [5.41, 5.74) is -1.37. The third-order valence-corrected chi connectivity index (χ3v) is 5.26. The van der Waals surface area contributed by atoms with Gasteiger partial charge in [-0.2, -0.15) is 13.2 Å². The lowest BCUT2D eigenvalue weighted by molar-refractivity contribution is -0.138. The second-order valence-corrected chi connectivity index (χ2v) is 7.29. The number of hydrogen-bond acceptors (Lipinski definition) is 2. The minimum Gasteiger partial charge on any atom is -0.403 e. The van der Waals surface area contributed by atoms with Crippen molar-refractivity contribution in [3.8, 4) is 0 Å². The van der Waals surface area contributed by atoms with Gasteiger partial charge in [-0.05, 0) is 52.2 Å². The Morgan fingerprint density at radius 3 is 1.91 bits per heavy atom. The van der Waals surface area contributed by atoms with Crippen LogP contribution in [0.25, 0.3) is 0 Å². The molecule has 1 saturated heterocycles. The van der Waals surface area contributed by atoms with E-state index in [1.54, 1.807) is 12.1 Å². The number of halogens is 3. The summed E-state index contributed by atoms with van der Waals surface area (Å²) < 4.78 is 52.0. The van der Waals surface area contributed by atoms with Crippen molar-refractivity contribution in [2.75, 3.05) is 0 Å². The highest BCUT2D eigenvalue weighted by atomic mass is 19.4. The molecule has 1 aromatic carbocycles. The molecule has 120 valence electrons. The number of benzene rings is 1. The third-order valence-electron chi connectivity index (χ3n) is 5.26. The number of hydrogen-bond donors (Lipinski definition) is 0. The second-order valence-electron chi connectivity index (χ2n) is 7.29. The van der Waals surface area contributed by atoms with Crippen LogP contribution in [0, 0.1) is 0 Å². The van der Waals surface area contributed by atoms with Gasteiger partial charge in [-0.1, -0.05) is 18.2 Å². The quantitative estimate of drug-likeness (QED) is 0.755. The molecule has 0 bridgehead atoms. The van der Waals surface area contributed by atoms with E-state index in [4.69, 9.17) is 9.31 Å². The van der Waals surface area contributed by atoms with Crippen LogP contribution in [0.4, 0.5) is 13.2 Å². The Kier molecular flexibility index (Phi) is 3.25. The van der Waals surface area contributed by atoms with Crippen molar-refractivity contribution in [3.63, 3.8) is 0 Å². The molecule has 1 aromatic rings.